The van der Waals surface area contributed by atoms with E-state index in [1.807, 2.05) is 6.92 Å². The third-order valence-corrected chi connectivity index (χ3v) is 2.47. The Kier molecular flexibility index (Phi) is 3.35. The van der Waals surface area contributed by atoms with Gasteiger partial charge in [-0.2, -0.15) is 0 Å². The number of carbonyl (C=O) groups excluding carboxylic acids is 1. The van der Waals surface area contributed by atoms with Crippen LogP contribution >= 0.6 is 11.6 Å². The highest BCUT2D eigenvalue weighted by Gasteiger charge is 2.08. The van der Waals surface area contributed by atoms with Crippen LogP contribution in [0.2, 0.25) is 5.02 Å². The molecule has 0 aliphatic rings. The summed E-state index contributed by atoms with van der Waals surface area (Å²) in [5.41, 5.74) is 1.33. The lowest BCUT2D eigenvalue weighted by Crippen LogP contribution is -2.13. The second-order valence-electron chi connectivity index (χ2n) is 3.48. The van der Waals surface area contributed by atoms with Crippen molar-refractivity contribution >= 4 is 23.3 Å². The van der Waals surface area contributed by atoms with Crippen LogP contribution in [0, 0.1) is 6.92 Å². The maximum Gasteiger partial charge on any atom is 0.258 e. The molecule has 1 N–H and O–H groups in total. The van der Waals surface area contributed by atoms with E-state index in [4.69, 9.17) is 11.6 Å². The van der Waals surface area contributed by atoms with Crippen LogP contribution in [0.4, 0.5) is 5.82 Å². The fourth-order valence-electron chi connectivity index (χ4n) is 1.26. The van der Waals surface area contributed by atoms with Crippen molar-refractivity contribution in [3.8, 4) is 0 Å². The van der Waals surface area contributed by atoms with E-state index in [0.717, 1.165) is 5.69 Å². The number of carbonyl (C=O) groups is 1. The summed E-state index contributed by atoms with van der Waals surface area (Å²) in [6.45, 7) is 1.86. The number of hydrogen-bond donors (Lipinski definition) is 1. The van der Waals surface area contributed by atoms with E-state index in [1.165, 1.54) is 6.20 Å². The summed E-state index contributed by atoms with van der Waals surface area (Å²) in [5, 5.41) is 3.03. The van der Waals surface area contributed by atoms with E-state index >= 15 is 0 Å². The number of pyridine rings is 2. The number of aryl methyl sites for hydroxylation is 1. The Hall–Kier alpha value is -1.94. The molecule has 0 saturated carbocycles. The van der Waals surface area contributed by atoms with Crippen LogP contribution in [-0.4, -0.2) is 15.9 Å². The van der Waals surface area contributed by atoms with Crippen LogP contribution < -0.4 is 5.32 Å². The van der Waals surface area contributed by atoms with Crippen LogP contribution in [0.3, 0.4) is 0 Å². The molecule has 0 bridgehead atoms. The predicted molar refractivity (Wildman–Crippen MR) is 66.2 cm³/mol. The van der Waals surface area contributed by atoms with Gasteiger partial charge < -0.3 is 5.32 Å². The third-order valence-electron chi connectivity index (χ3n) is 2.16. The van der Waals surface area contributed by atoms with Gasteiger partial charge in [0.25, 0.3) is 5.91 Å². The summed E-state index contributed by atoms with van der Waals surface area (Å²) < 4.78 is 0. The monoisotopic (exact) mass is 247 g/mol. The Morgan fingerprint density at radius 2 is 2.12 bits per heavy atom. The quantitative estimate of drug-likeness (QED) is 0.888. The van der Waals surface area contributed by atoms with Gasteiger partial charge in [-0.15, -0.1) is 0 Å². The molecule has 0 fully saturated rings. The number of anilines is 1. The molecule has 0 aliphatic carbocycles. The molecule has 0 aromatic carbocycles. The first-order valence-electron chi connectivity index (χ1n) is 5.01. The van der Waals surface area contributed by atoms with Gasteiger partial charge in [-0.3, -0.25) is 9.78 Å². The molecule has 2 rings (SSSR count). The highest BCUT2D eigenvalue weighted by Crippen LogP contribution is 2.18. The lowest BCUT2D eigenvalue weighted by molar-refractivity contribution is 0.102. The maximum atomic E-state index is 11.8. The summed E-state index contributed by atoms with van der Waals surface area (Å²) in [4.78, 5) is 19.9. The van der Waals surface area contributed by atoms with E-state index in [1.54, 1.807) is 30.5 Å². The fraction of sp³-hybridized carbons (Fsp3) is 0.0833. The molecule has 0 atom stereocenters. The van der Waals surface area contributed by atoms with Gasteiger partial charge in [0.1, 0.15) is 0 Å². The van der Waals surface area contributed by atoms with E-state index in [2.05, 4.69) is 15.3 Å². The minimum atomic E-state index is -0.280. The van der Waals surface area contributed by atoms with Crippen molar-refractivity contribution in [2.45, 2.75) is 6.92 Å². The Balaban J connectivity index is 2.17. The SMILES string of the molecule is Cc1ccc(C(=O)Nc2ncccc2Cl)cn1. The molecule has 2 aromatic heterocycles. The number of nitrogens with one attached hydrogen (secondary N) is 1. The van der Waals surface area contributed by atoms with Crippen LogP contribution in [-0.2, 0) is 0 Å². The molecule has 0 aliphatic heterocycles. The van der Waals surface area contributed by atoms with E-state index in [9.17, 15) is 4.79 Å². The molecule has 17 heavy (non-hydrogen) atoms. The van der Waals surface area contributed by atoms with Gasteiger partial charge in [-0.05, 0) is 31.2 Å². The highest BCUT2D eigenvalue weighted by atomic mass is 35.5. The first-order chi connectivity index (χ1) is 8.16. The summed E-state index contributed by atoms with van der Waals surface area (Å²) in [7, 11) is 0. The molecular weight excluding hydrogens is 238 g/mol. The molecule has 86 valence electrons. The molecule has 2 heterocycles. The Labute approximate surface area is 104 Å². The number of halogens is 1. The first kappa shape index (κ1) is 11.5. The number of aromatic nitrogens is 2. The summed E-state index contributed by atoms with van der Waals surface area (Å²) >= 11 is 5.89. The molecule has 5 heteroatoms. The molecule has 1 amide bonds. The van der Waals surface area contributed by atoms with Crippen molar-refractivity contribution in [3.63, 3.8) is 0 Å². The molecule has 0 spiro atoms. The summed E-state index contributed by atoms with van der Waals surface area (Å²) in [6, 6.07) is 6.84. The van der Waals surface area contributed by atoms with Gasteiger partial charge in [0, 0.05) is 18.1 Å². The first-order valence-corrected chi connectivity index (χ1v) is 5.39. The summed E-state index contributed by atoms with van der Waals surface area (Å²) in [5.74, 6) is 0.0674. The van der Waals surface area contributed by atoms with Crippen LogP contribution in [0.25, 0.3) is 0 Å². The second-order valence-corrected chi connectivity index (χ2v) is 3.88. The average Bonchev–Trinajstić information content (AvgIpc) is 2.33. The average molecular weight is 248 g/mol. The van der Waals surface area contributed by atoms with Crippen molar-refractivity contribution in [2.24, 2.45) is 0 Å². The fourth-order valence-corrected chi connectivity index (χ4v) is 1.43. The van der Waals surface area contributed by atoms with Gasteiger partial charge in [0.2, 0.25) is 0 Å². The number of amides is 1. The number of hydrogen-bond acceptors (Lipinski definition) is 3. The lowest BCUT2D eigenvalue weighted by atomic mass is 10.2. The summed E-state index contributed by atoms with van der Waals surface area (Å²) in [6.07, 6.45) is 3.08. The van der Waals surface area contributed by atoms with Crippen molar-refractivity contribution in [1.29, 1.82) is 0 Å². The van der Waals surface area contributed by atoms with Gasteiger partial charge in [-0.1, -0.05) is 11.6 Å². The second kappa shape index (κ2) is 4.93. The van der Waals surface area contributed by atoms with Gasteiger partial charge >= 0.3 is 0 Å². The Bertz CT molecular complexity index is 540. The highest BCUT2D eigenvalue weighted by molar-refractivity contribution is 6.33. The number of nitrogens with zero attached hydrogens (tertiary/aromatic N) is 2. The maximum absolute atomic E-state index is 11.8. The minimum absolute atomic E-state index is 0.280. The van der Waals surface area contributed by atoms with Gasteiger partial charge in [0.05, 0.1) is 10.6 Å². The van der Waals surface area contributed by atoms with Crippen molar-refractivity contribution in [3.05, 3.63) is 52.9 Å². The van der Waals surface area contributed by atoms with Crippen LogP contribution in [0.15, 0.2) is 36.7 Å². The zero-order chi connectivity index (χ0) is 12.3. The van der Waals surface area contributed by atoms with Crippen molar-refractivity contribution < 1.29 is 4.79 Å². The molecule has 0 saturated heterocycles. The minimum Gasteiger partial charge on any atom is -0.305 e. The topological polar surface area (TPSA) is 54.9 Å². The lowest BCUT2D eigenvalue weighted by Gasteiger charge is -2.05. The largest absolute Gasteiger partial charge is 0.305 e. The van der Waals surface area contributed by atoms with Crippen LogP contribution in [0.5, 0.6) is 0 Å². The standard InChI is InChI=1S/C12H10ClN3O/c1-8-4-5-9(7-15-8)12(17)16-11-10(13)3-2-6-14-11/h2-7H,1H3,(H,14,16,17). The van der Waals surface area contributed by atoms with Gasteiger partial charge in [-0.25, -0.2) is 4.98 Å². The molecule has 0 unspecified atom stereocenters. The molecular formula is C12H10ClN3O. The molecule has 4 nitrogen and oxygen atoms in total. The van der Waals surface area contributed by atoms with E-state index in [-0.39, 0.29) is 5.91 Å². The Morgan fingerprint density at radius 3 is 2.76 bits per heavy atom. The Morgan fingerprint density at radius 1 is 1.29 bits per heavy atom. The van der Waals surface area contributed by atoms with Crippen molar-refractivity contribution in [2.75, 3.05) is 5.32 Å². The zero-order valence-electron chi connectivity index (χ0n) is 9.14. The van der Waals surface area contributed by atoms with Gasteiger partial charge in [0.15, 0.2) is 5.82 Å². The van der Waals surface area contributed by atoms with E-state index < -0.39 is 0 Å². The third kappa shape index (κ3) is 2.79. The predicted octanol–water partition coefficient (Wildman–Crippen LogP) is 2.69. The molecule has 0 radical (unpaired) electrons. The van der Waals surface area contributed by atoms with E-state index in [0.29, 0.717) is 16.4 Å². The van der Waals surface area contributed by atoms with Crippen LogP contribution in [0.1, 0.15) is 16.1 Å². The molecule has 2 aromatic rings. The number of rotatable bonds is 2. The zero-order valence-corrected chi connectivity index (χ0v) is 9.90. The van der Waals surface area contributed by atoms with Crippen molar-refractivity contribution in [1.82, 2.24) is 9.97 Å². The smallest absolute Gasteiger partial charge is 0.258 e. The normalized spacial score (nSPS) is 10.0.